The molecule has 134 valence electrons. The molecule has 0 saturated carbocycles. The average Bonchev–Trinajstić information content (AvgIpc) is 2.45. The zero-order valence-corrected chi connectivity index (χ0v) is 15.3. The SMILES string of the molecule is C=O.CC(C)N(C)CCCCN(C)C(=O)OC(C)(C)C.NO. The summed E-state index contributed by atoms with van der Waals surface area (Å²) in [6.45, 7) is 13.9. The van der Waals surface area contributed by atoms with E-state index in [-0.39, 0.29) is 6.09 Å². The van der Waals surface area contributed by atoms with Crippen molar-refractivity contribution in [1.82, 2.24) is 9.80 Å². The fourth-order valence-electron chi connectivity index (χ4n) is 1.40. The molecule has 7 heteroatoms. The number of nitrogens with two attached hydrogens (primary N) is 1. The molecular formula is C15H35N3O4. The molecule has 0 rings (SSSR count). The average molecular weight is 321 g/mol. The van der Waals surface area contributed by atoms with Gasteiger partial charge in [0.15, 0.2) is 0 Å². The van der Waals surface area contributed by atoms with Crippen molar-refractivity contribution < 1.29 is 19.5 Å². The molecular weight excluding hydrogens is 286 g/mol. The molecule has 0 unspecified atom stereocenters. The van der Waals surface area contributed by atoms with E-state index in [0.29, 0.717) is 6.04 Å². The van der Waals surface area contributed by atoms with Gasteiger partial charge >= 0.3 is 6.09 Å². The Balaban J connectivity index is -0.000000826. The van der Waals surface area contributed by atoms with Crippen LogP contribution in [0.25, 0.3) is 0 Å². The van der Waals surface area contributed by atoms with Crippen LogP contribution >= 0.6 is 0 Å². The van der Waals surface area contributed by atoms with Crippen molar-refractivity contribution in [3.05, 3.63) is 0 Å². The van der Waals surface area contributed by atoms with Crippen molar-refractivity contribution in [2.75, 3.05) is 27.2 Å². The van der Waals surface area contributed by atoms with Gasteiger partial charge in [-0.15, -0.1) is 0 Å². The Morgan fingerprint density at radius 2 is 1.55 bits per heavy atom. The van der Waals surface area contributed by atoms with E-state index in [1.54, 1.807) is 11.9 Å². The Bertz CT molecular complexity index is 268. The Labute approximate surface area is 135 Å². The van der Waals surface area contributed by atoms with Gasteiger partial charge in [-0.25, -0.2) is 10.7 Å². The zero-order valence-electron chi connectivity index (χ0n) is 15.3. The summed E-state index contributed by atoms with van der Waals surface area (Å²) in [6.07, 6.45) is 1.87. The normalized spacial score (nSPS) is 10.3. The molecule has 0 heterocycles. The lowest BCUT2D eigenvalue weighted by molar-refractivity contribution is -0.0980. The molecule has 0 bridgehead atoms. The number of ether oxygens (including phenoxy) is 1. The number of carbonyl (C=O) groups excluding carboxylic acids is 2. The van der Waals surface area contributed by atoms with E-state index in [0.717, 1.165) is 25.9 Å². The van der Waals surface area contributed by atoms with Gasteiger partial charge in [0.2, 0.25) is 0 Å². The molecule has 0 spiro atoms. The molecule has 0 saturated heterocycles. The van der Waals surface area contributed by atoms with Crippen LogP contribution in [0.2, 0.25) is 0 Å². The van der Waals surface area contributed by atoms with Gasteiger partial charge in [0.05, 0.1) is 0 Å². The van der Waals surface area contributed by atoms with Gasteiger partial charge in [0, 0.05) is 19.6 Å². The van der Waals surface area contributed by atoms with E-state index in [9.17, 15) is 4.79 Å². The highest BCUT2D eigenvalue weighted by Crippen LogP contribution is 2.09. The standard InChI is InChI=1S/C14H30N2O2.CH2O.H3NO/c1-12(2)15(6)10-8-9-11-16(7)13(17)18-14(3,4)5;2*1-2/h12H,8-11H2,1-7H3;1H2;2H,1H2. The molecule has 0 aliphatic heterocycles. The van der Waals surface area contributed by atoms with E-state index < -0.39 is 5.60 Å². The number of unbranched alkanes of at least 4 members (excludes halogenated alkanes) is 1. The number of nitrogens with zero attached hydrogens (tertiary/aromatic N) is 2. The molecule has 0 radical (unpaired) electrons. The van der Waals surface area contributed by atoms with Gasteiger partial charge < -0.3 is 24.5 Å². The van der Waals surface area contributed by atoms with Crippen LogP contribution in [0.1, 0.15) is 47.5 Å². The minimum absolute atomic E-state index is 0.236. The highest BCUT2D eigenvalue weighted by atomic mass is 16.6. The van der Waals surface area contributed by atoms with Crippen LogP contribution < -0.4 is 5.90 Å². The van der Waals surface area contributed by atoms with E-state index in [1.165, 1.54) is 0 Å². The Kier molecular flexibility index (Phi) is 17.3. The molecule has 0 aromatic carbocycles. The second-order valence-electron chi connectivity index (χ2n) is 6.18. The van der Waals surface area contributed by atoms with Crippen molar-refractivity contribution in [1.29, 1.82) is 0 Å². The second kappa shape index (κ2) is 14.7. The molecule has 0 aromatic rings. The summed E-state index contributed by atoms with van der Waals surface area (Å²) in [6, 6.07) is 0.577. The highest BCUT2D eigenvalue weighted by molar-refractivity contribution is 5.67. The largest absolute Gasteiger partial charge is 0.444 e. The van der Waals surface area contributed by atoms with Crippen LogP contribution in [0, 0.1) is 0 Å². The Hall–Kier alpha value is -1.18. The number of amides is 1. The molecule has 22 heavy (non-hydrogen) atoms. The van der Waals surface area contributed by atoms with E-state index in [2.05, 4.69) is 31.7 Å². The lowest BCUT2D eigenvalue weighted by Crippen LogP contribution is -2.35. The number of hydrogen-bond acceptors (Lipinski definition) is 6. The number of hydrogen-bond donors (Lipinski definition) is 2. The Morgan fingerprint density at radius 3 is 1.91 bits per heavy atom. The third kappa shape index (κ3) is 16.9. The summed E-state index contributed by atoms with van der Waals surface area (Å²) < 4.78 is 5.29. The van der Waals surface area contributed by atoms with Gasteiger partial charge in [-0.05, 0) is 61.1 Å². The van der Waals surface area contributed by atoms with Crippen molar-refractivity contribution in [2.24, 2.45) is 5.90 Å². The third-order valence-corrected chi connectivity index (χ3v) is 2.84. The molecule has 1 amide bonds. The highest BCUT2D eigenvalue weighted by Gasteiger charge is 2.19. The van der Waals surface area contributed by atoms with E-state index >= 15 is 0 Å². The lowest BCUT2D eigenvalue weighted by atomic mass is 10.2. The molecule has 0 aliphatic rings. The summed E-state index contributed by atoms with van der Waals surface area (Å²) in [5.41, 5.74) is -0.413. The fourth-order valence-corrected chi connectivity index (χ4v) is 1.40. The number of rotatable bonds is 6. The summed E-state index contributed by atoms with van der Waals surface area (Å²) in [5.74, 6) is 3.50. The van der Waals surface area contributed by atoms with Gasteiger partial charge in [-0.2, -0.15) is 0 Å². The van der Waals surface area contributed by atoms with E-state index in [4.69, 9.17) is 14.7 Å². The summed E-state index contributed by atoms with van der Waals surface area (Å²) in [5, 5.41) is 6.50. The minimum Gasteiger partial charge on any atom is -0.444 e. The summed E-state index contributed by atoms with van der Waals surface area (Å²) in [7, 11) is 3.92. The quantitative estimate of drug-likeness (QED) is 0.574. The molecule has 0 atom stereocenters. The minimum atomic E-state index is -0.413. The van der Waals surface area contributed by atoms with Crippen molar-refractivity contribution in [2.45, 2.75) is 59.1 Å². The van der Waals surface area contributed by atoms with Crippen molar-refractivity contribution in [3.8, 4) is 0 Å². The molecule has 7 nitrogen and oxygen atoms in total. The van der Waals surface area contributed by atoms with Gasteiger partial charge in [0.25, 0.3) is 0 Å². The maximum atomic E-state index is 11.7. The Morgan fingerprint density at radius 1 is 1.14 bits per heavy atom. The van der Waals surface area contributed by atoms with Crippen LogP contribution in [0.4, 0.5) is 4.79 Å². The predicted molar refractivity (Wildman–Crippen MR) is 89.0 cm³/mol. The monoisotopic (exact) mass is 321 g/mol. The molecule has 0 aromatic heterocycles. The van der Waals surface area contributed by atoms with Crippen LogP contribution in [0.5, 0.6) is 0 Å². The van der Waals surface area contributed by atoms with Crippen molar-refractivity contribution in [3.63, 3.8) is 0 Å². The zero-order chi connectivity index (χ0) is 18.3. The first kappa shape index (κ1) is 25.8. The lowest BCUT2D eigenvalue weighted by Gasteiger charge is -2.25. The third-order valence-electron chi connectivity index (χ3n) is 2.84. The van der Waals surface area contributed by atoms with Gasteiger partial charge in [0.1, 0.15) is 12.4 Å². The maximum absolute atomic E-state index is 11.7. The number of carbonyl (C=O) groups is 2. The van der Waals surface area contributed by atoms with Crippen LogP contribution in [0.3, 0.4) is 0 Å². The molecule has 3 N–H and O–H groups in total. The first-order valence-electron chi connectivity index (χ1n) is 7.32. The predicted octanol–water partition coefficient (Wildman–Crippen LogP) is 2.12. The molecule has 0 aliphatic carbocycles. The molecule has 0 fully saturated rings. The maximum Gasteiger partial charge on any atom is 0.410 e. The second-order valence-corrected chi connectivity index (χ2v) is 6.18. The van der Waals surface area contributed by atoms with Crippen LogP contribution in [-0.2, 0) is 9.53 Å². The summed E-state index contributed by atoms with van der Waals surface area (Å²) in [4.78, 5) is 23.7. The smallest absolute Gasteiger partial charge is 0.410 e. The first-order chi connectivity index (χ1) is 10.1. The van der Waals surface area contributed by atoms with Crippen LogP contribution in [-0.4, -0.2) is 66.7 Å². The van der Waals surface area contributed by atoms with E-state index in [1.807, 2.05) is 27.6 Å². The topological polar surface area (TPSA) is 96.1 Å². The van der Waals surface area contributed by atoms with Gasteiger partial charge in [-0.1, -0.05) is 0 Å². The first-order valence-corrected chi connectivity index (χ1v) is 7.32. The van der Waals surface area contributed by atoms with Gasteiger partial charge in [-0.3, -0.25) is 0 Å². The van der Waals surface area contributed by atoms with Crippen molar-refractivity contribution >= 4 is 12.9 Å². The summed E-state index contributed by atoms with van der Waals surface area (Å²) >= 11 is 0. The van der Waals surface area contributed by atoms with Crippen LogP contribution in [0.15, 0.2) is 0 Å². The fraction of sp³-hybridized carbons (Fsp3) is 0.867.